The van der Waals surface area contributed by atoms with Gasteiger partial charge in [-0.2, -0.15) is 26.3 Å². The molecule has 0 aromatic heterocycles. The van der Waals surface area contributed by atoms with Crippen LogP contribution in [0.1, 0.15) is 17.5 Å². The van der Waals surface area contributed by atoms with Crippen LogP contribution in [0.4, 0.5) is 26.3 Å². The van der Waals surface area contributed by atoms with Crippen LogP contribution in [-0.4, -0.2) is 35.7 Å². The Bertz CT molecular complexity index is 594. The number of nitrogens with one attached hydrogen (secondary N) is 2. The summed E-state index contributed by atoms with van der Waals surface area (Å²) in [5.41, 5.74) is -0.0334. The summed E-state index contributed by atoms with van der Waals surface area (Å²) in [6.07, 6.45) is -8.60. The molecule has 1 aliphatic heterocycles. The summed E-state index contributed by atoms with van der Waals surface area (Å²) in [5.74, 6) is -2.87. The van der Waals surface area contributed by atoms with Crippen LogP contribution < -0.4 is 10.6 Å². The van der Waals surface area contributed by atoms with Gasteiger partial charge in [0.05, 0.1) is 11.6 Å². The van der Waals surface area contributed by atoms with Crippen LogP contribution in [0.15, 0.2) is 24.3 Å². The quantitative estimate of drug-likeness (QED) is 0.712. The van der Waals surface area contributed by atoms with E-state index in [1.54, 1.807) is 0 Å². The number of benzene rings is 1. The van der Waals surface area contributed by atoms with Crippen LogP contribution in [0, 0.1) is 0 Å². The first-order valence-electron chi connectivity index (χ1n) is 6.88. The van der Waals surface area contributed by atoms with Gasteiger partial charge in [-0.05, 0) is 30.7 Å². The summed E-state index contributed by atoms with van der Waals surface area (Å²) >= 11 is 0. The highest BCUT2D eigenvalue weighted by molar-refractivity contribution is 5.82. The first kappa shape index (κ1) is 20.7. The van der Waals surface area contributed by atoms with E-state index in [9.17, 15) is 31.1 Å². The van der Waals surface area contributed by atoms with Gasteiger partial charge in [-0.1, -0.05) is 12.1 Å². The highest BCUT2D eigenvalue weighted by Gasteiger charge is 2.38. The van der Waals surface area contributed by atoms with Crippen LogP contribution in [-0.2, 0) is 22.3 Å². The van der Waals surface area contributed by atoms with E-state index in [1.165, 1.54) is 12.1 Å². The molecular formula is C14H14F6N2O3. The minimum Gasteiger partial charge on any atom is -0.475 e. The number of hydrogen-bond acceptors (Lipinski definition) is 3. The lowest BCUT2D eigenvalue weighted by atomic mass is 10.1. The molecule has 1 amide bonds. The van der Waals surface area contributed by atoms with Crippen LogP contribution in [0.5, 0.6) is 0 Å². The van der Waals surface area contributed by atoms with E-state index in [2.05, 4.69) is 10.6 Å². The van der Waals surface area contributed by atoms with E-state index in [0.717, 1.165) is 25.1 Å². The summed E-state index contributed by atoms with van der Waals surface area (Å²) in [6, 6.07) is 4.63. The average molecular weight is 372 g/mol. The first-order valence-corrected chi connectivity index (χ1v) is 6.88. The predicted molar refractivity (Wildman–Crippen MR) is 73.4 cm³/mol. The maximum atomic E-state index is 12.3. The number of carboxylic acids is 1. The molecule has 3 N–H and O–H groups in total. The Morgan fingerprint density at radius 3 is 1.92 bits per heavy atom. The Balaban J connectivity index is 0.000000381. The molecule has 1 fully saturated rings. The van der Waals surface area contributed by atoms with Gasteiger partial charge in [-0.3, -0.25) is 4.79 Å². The third-order valence-corrected chi connectivity index (χ3v) is 3.13. The summed E-state index contributed by atoms with van der Waals surface area (Å²) in [6.45, 7) is 1.08. The zero-order chi connectivity index (χ0) is 19.3. The Labute approximate surface area is 138 Å². The van der Waals surface area contributed by atoms with E-state index >= 15 is 0 Å². The molecule has 140 valence electrons. The van der Waals surface area contributed by atoms with Crippen LogP contribution >= 0.6 is 0 Å². The van der Waals surface area contributed by atoms with Gasteiger partial charge in [0, 0.05) is 6.54 Å². The lowest BCUT2D eigenvalue weighted by Crippen LogP contribution is -2.52. The largest absolute Gasteiger partial charge is 0.490 e. The van der Waals surface area contributed by atoms with Crippen molar-refractivity contribution in [2.24, 2.45) is 0 Å². The van der Waals surface area contributed by atoms with Crippen molar-refractivity contribution in [3.8, 4) is 0 Å². The summed E-state index contributed by atoms with van der Waals surface area (Å²) < 4.78 is 68.7. The fourth-order valence-electron chi connectivity index (χ4n) is 1.64. The number of carboxylic acid groups (broad SMARTS) is 1. The molecule has 1 aromatic rings. The highest BCUT2D eigenvalue weighted by atomic mass is 19.4. The van der Waals surface area contributed by atoms with Gasteiger partial charge in [0.2, 0.25) is 5.91 Å². The number of halogens is 6. The molecule has 1 aliphatic rings. The summed E-state index contributed by atoms with van der Waals surface area (Å²) in [7, 11) is 0. The number of amides is 1. The van der Waals surface area contributed by atoms with Gasteiger partial charge in [-0.25, -0.2) is 4.79 Å². The van der Waals surface area contributed by atoms with E-state index in [0.29, 0.717) is 5.56 Å². The van der Waals surface area contributed by atoms with Crippen molar-refractivity contribution in [2.75, 3.05) is 6.54 Å². The average Bonchev–Trinajstić information content (AvgIpc) is 2.42. The second kappa shape index (κ2) is 8.19. The lowest BCUT2D eigenvalue weighted by Gasteiger charge is -2.26. The zero-order valence-corrected chi connectivity index (χ0v) is 12.5. The van der Waals surface area contributed by atoms with Crippen molar-refractivity contribution >= 4 is 11.9 Å². The van der Waals surface area contributed by atoms with Gasteiger partial charge < -0.3 is 15.7 Å². The standard InChI is InChI=1S/C12H13F3N2O.C2HF3O2/c13-12(14,15)9-3-1-8(2-4-9)7-17-11(18)10-5-6-16-10;3-2(4,5)1(6)7/h1-4,10,16H,5-7H2,(H,17,18);(H,6,7)/t10-;/m1./s1. The molecule has 1 heterocycles. The number of carbonyl (C=O) groups excluding carboxylic acids is 1. The fourth-order valence-corrected chi connectivity index (χ4v) is 1.64. The third kappa shape index (κ3) is 6.99. The number of aliphatic carboxylic acids is 1. The molecule has 1 atom stereocenters. The summed E-state index contributed by atoms with van der Waals surface area (Å²) in [5, 5.41) is 12.8. The second-order valence-corrected chi connectivity index (χ2v) is 5.01. The van der Waals surface area contributed by atoms with Crippen molar-refractivity contribution in [2.45, 2.75) is 31.4 Å². The topological polar surface area (TPSA) is 78.4 Å². The molecule has 0 bridgehead atoms. The maximum Gasteiger partial charge on any atom is 0.490 e. The number of hydrogen-bond donors (Lipinski definition) is 3. The SMILES string of the molecule is O=C(NCc1ccc(C(F)(F)F)cc1)[C@H]1CCN1.O=C(O)C(F)(F)F. The summed E-state index contributed by atoms with van der Waals surface area (Å²) in [4.78, 5) is 20.4. The fraction of sp³-hybridized carbons (Fsp3) is 0.429. The van der Waals surface area contributed by atoms with Crippen molar-refractivity contribution in [3.05, 3.63) is 35.4 Å². The molecule has 0 unspecified atom stereocenters. The van der Waals surface area contributed by atoms with Crippen molar-refractivity contribution in [3.63, 3.8) is 0 Å². The van der Waals surface area contributed by atoms with Crippen molar-refractivity contribution in [1.82, 2.24) is 10.6 Å². The van der Waals surface area contributed by atoms with E-state index in [4.69, 9.17) is 9.90 Å². The molecule has 0 saturated carbocycles. The molecular weight excluding hydrogens is 358 g/mol. The predicted octanol–water partition coefficient (Wildman–Crippen LogP) is 2.32. The van der Waals surface area contributed by atoms with Crippen LogP contribution in [0.3, 0.4) is 0 Å². The van der Waals surface area contributed by atoms with Gasteiger partial charge in [0.15, 0.2) is 0 Å². The first-order chi connectivity index (χ1) is 11.4. The highest BCUT2D eigenvalue weighted by Crippen LogP contribution is 2.29. The second-order valence-electron chi connectivity index (χ2n) is 5.01. The minimum absolute atomic E-state index is 0.110. The Morgan fingerprint density at radius 1 is 1.12 bits per heavy atom. The van der Waals surface area contributed by atoms with Crippen molar-refractivity contribution < 1.29 is 41.0 Å². The minimum atomic E-state index is -5.08. The van der Waals surface area contributed by atoms with Gasteiger partial charge in [-0.15, -0.1) is 0 Å². The molecule has 0 radical (unpaired) electrons. The van der Waals surface area contributed by atoms with E-state index in [-0.39, 0.29) is 18.5 Å². The molecule has 2 rings (SSSR count). The number of alkyl halides is 6. The van der Waals surface area contributed by atoms with E-state index < -0.39 is 23.9 Å². The Hall–Kier alpha value is -2.30. The van der Waals surface area contributed by atoms with E-state index in [1.807, 2.05) is 0 Å². The zero-order valence-electron chi connectivity index (χ0n) is 12.5. The van der Waals surface area contributed by atoms with Crippen LogP contribution in [0.2, 0.25) is 0 Å². The maximum absolute atomic E-state index is 12.3. The van der Waals surface area contributed by atoms with Crippen molar-refractivity contribution in [1.29, 1.82) is 0 Å². The molecule has 1 aromatic carbocycles. The third-order valence-electron chi connectivity index (χ3n) is 3.13. The Morgan fingerprint density at radius 2 is 1.60 bits per heavy atom. The lowest BCUT2D eigenvalue weighted by molar-refractivity contribution is -0.192. The van der Waals surface area contributed by atoms with Gasteiger partial charge >= 0.3 is 18.3 Å². The molecule has 0 spiro atoms. The molecule has 0 aliphatic carbocycles. The molecule has 11 heteroatoms. The molecule has 1 saturated heterocycles. The van der Waals surface area contributed by atoms with Crippen LogP contribution in [0.25, 0.3) is 0 Å². The Kier molecular flexibility index (Phi) is 6.79. The number of carbonyl (C=O) groups is 2. The molecule has 25 heavy (non-hydrogen) atoms. The van der Waals surface area contributed by atoms with Gasteiger partial charge in [0.25, 0.3) is 0 Å². The molecule has 5 nitrogen and oxygen atoms in total. The monoisotopic (exact) mass is 372 g/mol. The van der Waals surface area contributed by atoms with Gasteiger partial charge in [0.1, 0.15) is 0 Å². The number of rotatable bonds is 3. The normalized spacial score (nSPS) is 17.0. The smallest absolute Gasteiger partial charge is 0.475 e.